The minimum atomic E-state index is -0.215. The molecular weight excluding hydrogens is 348 g/mol. The second-order valence-electron chi connectivity index (χ2n) is 6.03. The van der Waals surface area contributed by atoms with Crippen molar-refractivity contribution >= 4 is 33.8 Å². The highest BCUT2D eigenvalue weighted by Gasteiger charge is 2.16. The number of hydrogen-bond acceptors (Lipinski definition) is 4. The minimum absolute atomic E-state index is 0.159. The van der Waals surface area contributed by atoms with E-state index in [0.717, 1.165) is 16.1 Å². The number of aromatic nitrogens is 3. The smallest absolute Gasteiger partial charge is 0.267 e. The Hall–Kier alpha value is -3.19. The zero-order chi connectivity index (χ0) is 18.3. The van der Waals surface area contributed by atoms with Crippen LogP contribution in [0.3, 0.4) is 0 Å². The number of aryl methyl sites for hydroxylation is 2. The summed E-state index contributed by atoms with van der Waals surface area (Å²) in [7, 11) is 0. The number of rotatable bonds is 3. The summed E-state index contributed by atoms with van der Waals surface area (Å²) < 4.78 is 1.87. The molecule has 0 bridgehead atoms. The molecule has 1 aromatic carbocycles. The molecule has 0 unspecified atom stereocenters. The van der Waals surface area contributed by atoms with Crippen LogP contribution in [0.15, 0.2) is 53.6 Å². The highest BCUT2D eigenvalue weighted by molar-refractivity contribution is 7.16. The third-order valence-corrected chi connectivity index (χ3v) is 5.29. The van der Waals surface area contributed by atoms with E-state index < -0.39 is 0 Å². The van der Waals surface area contributed by atoms with Gasteiger partial charge in [0.1, 0.15) is 4.88 Å². The lowest BCUT2D eigenvalue weighted by atomic mass is 10.1. The molecule has 3 heterocycles. The van der Waals surface area contributed by atoms with Crippen LogP contribution in [0.4, 0.5) is 5.69 Å². The molecule has 0 saturated heterocycles. The summed E-state index contributed by atoms with van der Waals surface area (Å²) in [5.74, 6) is -0.215. The van der Waals surface area contributed by atoms with Crippen LogP contribution in [-0.4, -0.2) is 20.4 Å². The van der Waals surface area contributed by atoms with Crippen molar-refractivity contribution in [2.45, 2.75) is 13.8 Å². The summed E-state index contributed by atoms with van der Waals surface area (Å²) in [5.41, 5.74) is 2.74. The van der Waals surface area contributed by atoms with Crippen LogP contribution in [0.2, 0.25) is 0 Å². The average Bonchev–Trinajstić information content (AvgIpc) is 3.23. The van der Waals surface area contributed by atoms with Crippen molar-refractivity contribution in [3.05, 3.63) is 75.3 Å². The standard InChI is InChI=1S/C19H16N4O2S/c1-11-9-16(24)22-15-10-13(5-6-14(11)15)21-18(25)17-12(2)20-19(26-17)23-7-3-4-8-23/h3-10H,1-2H3,(H,21,25)(H,22,24). The van der Waals surface area contributed by atoms with E-state index in [2.05, 4.69) is 15.3 Å². The number of aromatic amines is 1. The summed E-state index contributed by atoms with van der Waals surface area (Å²) in [6, 6.07) is 10.9. The van der Waals surface area contributed by atoms with Crippen molar-refractivity contribution < 1.29 is 4.79 Å². The molecule has 130 valence electrons. The SMILES string of the molecule is Cc1nc(-n2cccc2)sc1C(=O)Nc1ccc2c(C)cc(=O)[nH]c2c1. The van der Waals surface area contributed by atoms with Gasteiger partial charge in [0, 0.05) is 29.5 Å². The van der Waals surface area contributed by atoms with Crippen molar-refractivity contribution in [3.8, 4) is 5.13 Å². The van der Waals surface area contributed by atoms with E-state index in [9.17, 15) is 9.59 Å². The number of carbonyl (C=O) groups is 1. The molecule has 0 spiro atoms. The quantitative estimate of drug-likeness (QED) is 0.582. The summed E-state index contributed by atoms with van der Waals surface area (Å²) >= 11 is 1.34. The first-order valence-electron chi connectivity index (χ1n) is 8.07. The molecule has 26 heavy (non-hydrogen) atoms. The summed E-state index contributed by atoms with van der Waals surface area (Å²) in [5, 5.41) is 4.59. The van der Waals surface area contributed by atoms with Gasteiger partial charge < -0.3 is 14.9 Å². The van der Waals surface area contributed by atoms with Crippen LogP contribution in [0, 0.1) is 13.8 Å². The average molecular weight is 364 g/mol. The Morgan fingerprint density at radius 3 is 2.73 bits per heavy atom. The molecule has 0 radical (unpaired) electrons. The molecular formula is C19H16N4O2S. The molecule has 0 aliphatic heterocycles. The van der Waals surface area contributed by atoms with Gasteiger partial charge in [-0.1, -0.05) is 17.4 Å². The second-order valence-corrected chi connectivity index (χ2v) is 7.01. The first-order chi connectivity index (χ1) is 12.5. The Labute approximate surface area is 153 Å². The van der Waals surface area contributed by atoms with Crippen LogP contribution in [0.5, 0.6) is 0 Å². The number of nitrogens with one attached hydrogen (secondary N) is 2. The lowest BCUT2D eigenvalue weighted by Crippen LogP contribution is -2.12. The fourth-order valence-corrected chi connectivity index (χ4v) is 3.80. The van der Waals surface area contributed by atoms with E-state index in [-0.39, 0.29) is 11.5 Å². The Kier molecular flexibility index (Phi) is 3.93. The molecule has 0 atom stereocenters. The number of anilines is 1. The number of thiazole rings is 1. The molecule has 1 amide bonds. The zero-order valence-corrected chi connectivity index (χ0v) is 15.1. The van der Waals surface area contributed by atoms with E-state index in [0.29, 0.717) is 21.8 Å². The monoisotopic (exact) mass is 364 g/mol. The first kappa shape index (κ1) is 16.3. The summed E-state index contributed by atoms with van der Waals surface area (Å²) in [6.45, 7) is 3.71. The van der Waals surface area contributed by atoms with Gasteiger partial charge in [0.15, 0.2) is 5.13 Å². The predicted octanol–water partition coefficient (Wildman–Crippen LogP) is 3.64. The van der Waals surface area contributed by atoms with Gasteiger partial charge in [0.2, 0.25) is 5.56 Å². The van der Waals surface area contributed by atoms with Crippen LogP contribution in [0.25, 0.3) is 16.0 Å². The molecule has 0 saturated carbocycles. The van der Waals surface area contributed by atoms with Crippen LogP contribution in [-0.2, 0) is 0 Å². The molecule has 2 N–H and O–H groups in total. The van der Waals surface area contributed by atoms with Gasteiger partial charge in [0.25, 0.3) is 5.91 Å². The number of benzene rings is 1. The maximum Gasteiger partial charge on any atom is 0.267 e. The third kappa shape index (κ3) is 2.93. The van der Waals surface area contributed by atoms with Gasteiger partial charge in [-0.15, -0.1) is 0 Å². The van der Waals surface area contributed by atoms with Crippen LogP contribution in [0.1, 0.15) is 20.9 Å². The minimum Gasteiger partial charge on any atom is -0.322 e. The fourth-order valence-electron chi connectivity index (χ4n) is 2.87. The Bertz CT molecular complexity index is 1170. The Morgan fingerprint density at radius 2 is 1.96 bits per heavy atom. The highest BCUT2D eigenvalue weighted by Crippen LogP contribution is 2.24. The van der Waals surface area contributed by atoms with Gasteiger partial charge in [-0.2, -0.15) is 0 Å². The second kappa shape index (κ2) is 6.27. The topological polar surface area (TPSA) is 79.8 Å². The fraction of sp³-hybridized carbons (Fsp3) is 0.105. The van der Waals surface area contributed by atoms with E-state index in [1.807, 2.05) is 55.1 Å². The molecule has 3 aromatic heterocycles. The molecule has 7 heteroatoms. The van der Waals surface area contributed by atoms with Crippen molar-refractivity contribution in [1.29, 1.82) is 0 Å². The molecule has 0 aliphatic rings. The van der Waals surface area contributed by atoms with Gasteiger partial charge in [-0.3, -0.25) is 9.59 Å². The van der Waals surface area contributed by atoms with Gasteiger partial charge in [-0.25, -0.2) is 4.98 Å². The Balaban J connectivity index is 1.64. The Morgan fingerprint density at radius 1 is 1.19 bits per heavy atom. The van der Waals surface area contributed by atoms with Gasteiger partial charge in [-0.05, 0) is 43.7 Å². The summed E-state index contributed by atoms with van der Waals surface area (Å²) in [6.07, 6.45) is 3.78. The lowest BCUT2D eigenvalue weighted by Gasteiger charge is -2.07. The molecule has 4 rings (SSSR count). The third-order valence-electron chi connectivity index (χ3n) is 4.12. The lowest BCUT2D eigenvalue weighted by molar-refractivity contribution is 0.103. The van der Waals surface area contributed by atoms with Crippen LogP contribution < -0.4 is 10.9 Å². The van der Waals surface area contributed by atoms with E-state index in [4.69, 9.17) is 0 Å². The summed E-state index contributed by atoms with van der Waals surface area (Å²) in [4.78, 5) is 32.2. The van der Waals surface area contributed by atoms with Gasteiger partial charge in [0.05, 0.1) is 11.2 Å². The number of nitrogens with zero attached hydrogens (tertiary/aromatic N) is 2. The molecule has 6 nitrogen and oxygen atoms in total. The van der Waals surface area contributed by atoms with E-state index >= 15 is 0 Å². The maximum absolute atomic E-state index is 12.7. The number of fused-ring (bicyclic) bond motifs is 1. The number of carbonyl (C=O) groups excluding carboxylic acids is 1. The van der Waals surface area contributed by atoms with Crippen molar-refractivity contribution in [2.75, 3.05) is 5.32 Å². The maximum atomic E-state index is 12.7. The first-order valence-corrected chi connectivity index (χ1v) is 8.89. The number of amides is 1. The van der Waals surface area contributed by atoms with E-state index in [1.165, 1.54) is 11.3 Å². The van der Waals surface area contributed by atoms with Crippen molar-refractivity contribution in [2.24, 2.45) is 0 Å². The number of pyridine rings is 1. The molecule has 0 fully saturated rings. The van der Waals surface area contributed by atoms with Crippen molar-refractivity contribution in [1.82, 2.24) is 14.5 Å². The molecule has 0 aliphatic carbocycles. The van der Waals surface area contributed by atoms with Gasteiger partial charge >= 0.3 is 0 Å². The molecule has 4 aromatic rings. The van der Waals surface area contributed by atoms with Crippen LogP contribution >= 0.6 is 11.3 Å². The number of H-pyrrole nitrogens is 1. The predicted molar refractivity (Wildman–Crippen MR) is 103 cm³/mol. The zero-order valence-electron chi connectivity index (χ0n) is 14.2. The largest absolute Gasteiger partial charge is 0.322 e. The van der Waals surface area contributed by atoms with Crippen molar-refractivity contribution in [3.63, 3.8) is 0 Å². The highest BCUT2D eigenvalue weighted by atomic mass is 32.1. The normalized spacial score (nSPS) is 11.0. The number of hydrogen-bond donors (Lipinski definition) is 2. The van der Waals surface area contributed by atoms with E-state index in [1.54, 1.807) is 12.1 Å².